The topological polar surface area (TPSA) is 54.0 Å². The van der Waals surface area contributed by atoms with Crippen molar-refractivity contribution in [2.75, 3.05) is 18.4 Å². The van der Waals surface area contributed by atoms with Crippen LogP contribution in [0.4, 0.5) is 5.82 Å². The van der Waals surface area contributed by atoms with Crippen molar-refractivity contribution in [2.24, 2.45) is 5.41 Å². The van der Waals surface area contributed by atoms with Crippen LogP contribution in [0.5, 0.6) is 0 Å². The van der Waals surface area contributed by atoms with Gasteiger partial charge < -0.3 is 10.6 Å². The maximum absolute atomic E-state index is 12.2. The lowest BCUT2D eigenvalue weighted by molar-refractivity contribution is 0.0936. The molecule has 1 amide bonds. The number of hydrogen-bond acceptors (Lipinski definition) is 3. The van der Waals surface area contributed by atoms with Gasteiger partial charge in [-0.2, -0.15) is 0 Å². The second kappa shape index (κ2) is 7.48. The van der Waals surface area contributed by atoms with Gasteiger partial charge in [0.15, 0.2) is 0 Å². The van der Waals surface area contributed by atoms with E-state index in [2.05, 4.69) is 43.3 Å². The minimum Gasteiger partial charge on any atom is -0.370 e. The number of anilines is 1. The quantitative estimate of drug-likeness (QED) is 0.806. The van der Waals surface area contributed by atoms with Crippen LogP contribution in [0, 0.1) is 5.41 Å². The van der Waals surface area contributed by atoms with Crippen molar-refractivity contribution in [1.29, 1.82) is 0 Å². The normalized spacial score (nSPS) is 11.2. The fraction of sp³-hybridized carbons (Fsp3) is 0.600. The van der Waals surface area contributed by atoms with E-state index >= 15 is 0 Å². The Kier molecular flexibility index (Phi) is 6.27. The molecule has 0 aromatic carbocycles. The van der Waals surface area contributed by atoms with Crippen LogP contribution in [0.25, 0.3) is 0 Å². The first-order valence-electron chi connectivity index (χ1n) is 7.07. The maximum Gasteiger partial charge on any atom is 0.253 e. The van der Waals surface area contributed by atoms with Crippen LogP contribution in [0.2, 0.25) is 5.02 Å². The Labute approximate surface area is 126 Å². The monoisotopic (exact) mass is 297 g/mol. The van der Waals surface area contributed by atoms with E-state index in [4.69, 9.17) is 11.6 Å². The third-order valence-corrected chi connectivity index (χ3v) is 3.64. The van der Waals surface area contributed by atoms with Crippen LogP contribution >= 0.6 is 11.6 Å². The van der Waals surface area contributed by atoms with Crippen molar-refractivity contribution in [1.82, 2.24) is 10.3 Å². The fourth-order valence-electron chi connectivity index (χ4n) is 1.50. The highest BCUT2D eigenvalue weighted by atomic mass is 35.5. The summed E-state index contributed by atoms with van der Waals surface area (Å²) in [7, 11) is 0. The van der Waals surface area contributed by atoms with E-state index in [1.165, 1.54) is 6.20 Å². The summed E-state index contributed by atoms with van der Waals surface area (Å²) >= 11 is 6.06. The zero-order valence-corrected chi connectivity index (χ0v) is 13.5. The maximum atomic E-state index is 12.2. The number of nitrogens with zero attached hydrogens (tertiary/aromatic N) is 1. The molecule has 20 heavy (non-hydrogen) atoms. The van der Waals surface area contributed by atoms with Crippen molar-refractivity contribution in [3.63, 3.8) is 0 Å². The molecule has 0 aliphatic rings. The van der Waals surface area contributed by atoms with E-state index in [1.54, 1.807) is 6.07 Å². The lowest BCUT2D eigenvalue weighted by Crippen LogP contribution is -2.33. The predicted molar refractivity (Wildman–Crippen MR) is 84.4 cm³/mol. The van der Waals surface area contributed by atoms with Gasteiger partial charge in [-0.15, -0.1) is 0 Å². The van der Waals surface area contributed by atoms with Crippen LogP contribution < -0.4 is 10.6 Å². The molecule has 2 N–H and O–H groups in total. The van der Waals surface area contributed by atoms with Crippen molar-refractivity contribution in [3.05, 3.63) is 22.8 Å². The molecule has 0 aliphatic carbocycles. The Balaban J connectivity index is 2.76. The zero-order chi connectivity index (χ0) is 15.2. The zero-order valence-electron chi connectivity index (χ0n) is 12.7. The minimum absolute atomic E-state index is 0.0818. The number of halogens is 1. The summed E-state index contributed by atoms with van der Waals surface area (Å²) < 4.78 is 0. The summed E-state index contributed by atoms with van der Waals surface area (Å²) in [6.07, 6.45) is 3.51. The molecule has 0 fully saturated rings. The van der Waals surface area contributed by atoms with Crippen molar-refractivity contribution in [3.8, 4) is 0 Å². The Morgan fingerprint density at radius 2 is 2.10 bits per heavy atom. The highest BCUT2D eigenvalue weighted by molar-refractivity contribution is 6.33. The molecule has 0 saturated carbocycles. The lowest BCUT2D eigenvalue weighted by atomic mass is 9.90. The van der Waals surface area contributed by atoms with Gasteiger partial charge in [0.05, 0.1) is 10.6 Å². The molecule has 0 bridgehead atoms. The molecule has 0 spiro atoms. The summed E-state index contributed by atoms with van der Waals surface area (Å²) in [6, 6.07) is 1.70. The summed E-state index contributed by atoms with van der Waals surface area (Å²) in [6.45, 7) is 9.87. The molecular weight excluding hydrogens is 274 g/mol. The molecule has 112 valence electrons. The van der Waals surface area contributed by atoms with Gasteiger partial charge in [-0.1, -0.05) is 39.3 Å². The minimum atomic E-state index is -0.154. The van der Waals surface area contributed by atoms with E-state index < -0.39 is 0 Å². The standard InChI is InChI=1S/C15H24ClN3O/c1-5-7-17-13-8-11(12(16)9-18-13)14(20)19-10-15(3,4)6-2/h8-9H,5-7,10H2,1-4H3,(H,17,18)(H,19,20). The molecular formula is C15H24ClN3O. The molecule has 0 unspecified atom stereocenters. The number of pyridine rings is 1. The van der Waals surface area contributed by atoms with Crippen LogP contribution in [-0.2, 0) is 0 Å². The SMILES string of the molecule is CCCNc1cc(C(=O)NCC(C)(C)CC)c(Cl)cn1. The average molecular weight is 298 g/mol. The molecule has 4 nitrogen and oxygen atoms in total. The first-order valence-corrected chi connectivity index (χ1v) is 7.45. The summed E-state index contributed by atoms with van der Waals surface area (Å²) in [4.78, 5) is 16.4. The summed E-state index contributed by atoms with van der Waals surface area (Å²) in [5.74, 6) is 0.523. The summed E-state index contributed by atoms with van der Waals surface area (Å²) in [5, 5.41) is 6.46. The number of hydrogen-bond donors (Lipinski definition) is 2. The van der Waals surface area contributed by atoms with E-state index in [-0.39, 0.29) is 11.3 Å². The van der Waals surface area contributed by atoms with Crippen molar-refractivity contribution < 1.29 is 4.79 Å². The Bertz CT molecular complexity index is 460. The van der Waals surface area contributed by atoms with Crippen LogP contribution in [0.15, 0.2) is 12.3 Å². The van der Waals surface area contributed by atoms with Crippen LogP contribution in [0.3, 0.4) is 0 Å². The van der Waals surface area contributed by atoms with Gasteiger partial charge >= 0.3 is 0 Å². The second-order valence-corrected chi connectivity index (χ2v) is 6.08. The summed E-state index contributed by atoms with van der Waals surface area (Å²) in [5.41, 5.74) is 0.547. The third-order valence-electron chi connectivity index (χ3n) is 3.34. The van der Waals surface area contributed by atoms with Crippen molar-refractivity contribution in [2.45, 2.75) is 40.5 Å². The predicted octanol–water partition coefficient (Wildman–Crippen LogP) is 3.72. The number of nitrogens with one attached hydrogen (secondary N) is 2. The van der Waals surface area contributed by atoms with Gasteiger partial charge in [0.25, 0.3) is 5.91 Å². The average Bonchev–Trinajstić information content (AvgIpc) is 2.44. The number of rotatable bonds is 7. The molecule has 5 heteroatoms. The van der Waals surface area contributed by atoms with Gasteiger partial charge in [0, 0.05) is 19.3 Å². The van der Waals surface area contributed by atoms with E-state index in [0.29, 0.717) is 22.9 Å². The molecule has 1 heterocycles. The van der Waals surface area contributed by atoms with Gasteiger partial charge in [0.2, 0.25) is 0 Å². The Hall–Kier alpha value is -1.29. The van der Waals surface area contributed by atoms with Gasteiger partial charge in [-0.3, -0.25) is 4.79 Å². The largest absolute Gasteiger partial charge is 0.370 e. The molecule has 1 rings (SSSR count). The van der Waals surface area contributed by atoms with Crippen LogP contribution in [-0.4, -0.2) is 24.0 Å². The molecule has 0 aliphatic heterocycles. The first-order chi connectivity index (χ1) is 9.39. The number of carbonyl (C=O) groups is 1. The fourth-order valence-corrected chi connectivity index (χ4v) is 1.69. The molecule has 0 radical (unpaired) electrons. The van der Waals surface area contributed by atoms with Gasteiger partial charge in [-0.05, 0) is 24.3 Å². The first kappa shape index (κ1) is 16.8. The van der Waals surface area contributed by atoms with Gasteiger partial charge in [0.1, 0.15) is 5.82 Å². The smallest absolute Gasteiger partial charge is 0.253 e. The van der Waals surface area contributed by atoms with E-state index in [9.17, 15) is 4.79 Å². The Morgan fingerprint density at radius 1 is 1.40 bits per heavy atom. The van der Waals surface area contributed by atoms with E-state index in [0.717, 1.165) is 19.4 Å². The highest BCUT2D eigenvalue weighted by Gasteiger charge is 2.18. The molecule has 0 atom stereocenters. The number of aromatic nitrogens is 1. The second-order valence-electron chi connectivity index (χ2n) is 5.68. The van der Waals surface area contributed by atoms with Crippen LogP contribution in [0.1, 0.15) is 50.9 Å². The Morgan fingerprint density at radius 3 is 2.70 bits per heavy atom. The molecule has 1 aromatic heterocycles. The number of carbonyl (C=O) groups excluding carboxylic acids is 1. The molecule has 0 saturated heterocycles. The third kappa shape index (κ3) is 5.00. The van der Waals surface area contributed by atoms with Gasteiger partial charge in [-0.25, -0.2) is 4.98 Å². The lowest BCUT2D eigenvalue weighted by Gasteiger charge is -2.23. The molecule has 1 aromatic rings. The number of amides is 1. The van der Waals surface area contributed by atoms with Crippen molar-refractivity contribution >= 4 is 23.3 Å². The highest BCUT2D eigenvalue weighted by Crippen LogP contribution is 2.20. The van der Waals surface area contributed by atoms with E-state index in [1.807, 2.05) is 0 Å².